The van der Waals surface area contributed by atoms with Crippen LogP contribution in [0.4, 0.5) is 0 Å². The first-order valence-corrected chi connectivity index (χ1v) is 15.5. The fraction of sp³-hybridized carbons (Fsp3) is 0. The topological polar surface area (TPSA) is 38.7 Å². The maximum Gasteiger partial charge on any atom is 0.164 e. The first kappa shape index (κ1) is 26.2. The molecule has 1 aromatic heterocycles. The van der Waals surface area contributed by atoms with E-state index in [1.54, 1.807) is 0 Å². The second kappa shape index (κ2) is 10.8. The molecular formula is C43H27N3. The summed E-state index contributed by atoms with van der Waals surface area (Å²) in [5, 5.41) is 9.87. The minimum Gasteiger partial charge on any atom is -0.208 e. The number of hydrogen-bond acceptors (Lipinski definition) is 3. The van der Waals surface area contributed by atoms with Crippen LogP contribution in [0.3, 0.4) is 0 Å². The summed E-state index contributed by atoms with van der Waals surface area (Å²) in [4.78, 5) is 15.0. The largest absolute Gasteiger partial charge is 0.208 e. The Morgan fingerprint density at radius 3 is 1.43 bits per heavy atom. The third-order valence-electron chi connectivity index (χ3n) is 8.87. The van der Waals surface area contributed by atoms with E-state index in [1.807, 2.05) is 60.7 Å². The van der Waals surface area contributed by atoms with E-state index in [2.05, 4.69) is 103 Å². The molecule has 0 unspecified atom stereocenters. The van der Waals surface area contributed by atoms with Crippen LogP contribution >= 0.6 is 0 Å². The van der Waals surface area contributed by atoms with Crippen LogP contribution in [0, 0.1) is 0 Å². The lowest BCUT2D eigenvalue weighted by atomic mass is 9.91. The molecule has 8 aromatic carbocycles. The van der Waals surface area contributed by atoms with Gasteiger partial charge < -0.3 is 0 Å². The predicted molar refractivity (Wildman–Crippen MR) is 192 cm³/mol. The second-order valence-corrected chi connectivity index (χ2v) is 11.7. The zero-order valence-corrected chi connectivity index (χ0v) is 24.9. The summed E-state index contributed by atoms with van der Waals surface area (Å²) in [5.74, 6) is 1.96. The van der Waals surface area contributed by atoms with Gasteiger partial charge in [0.1, 0.15) is 0 Å². The lowest BCUT2D eigenvalue weighted by Gasteiger charge is -2.14. The first-order valence-electron chi connectivity index (χ1n) is 15.5. The molecule has 3 heteroatoms. The van der Waals surface area contributed by atoms with Gasteiger partial charge >= 0.3 is 0 Å². The average Bonchev–Trinajstić information content (AvgIpc) is 3.14. The Morgan fingerprint density at radius 1 is 0.261 bits per heavy atom. The minimum absolute atomic E-state index is 0.650. The van der Waals surface area contributed by atoms with Gasteiger partial charge in [0.15, 0.2) is 17.5 Å². The summed E-state index contributed by atoms with van der Waals surface area (Å²) >= 11 is 0. The highest BCUT2D eigenvalue weighted by atomic mass is 15.0. The molecule has 0 atom stereocenters. The van der Waals surface area contributed by atoms with Gasteiger partial charge in [-0.3, -0.25) is 0 Å². The predicted octanol–water partition coefficient (Wildman–Crippen LogP) is 11.2. The summed E-state index contributed by atoms with van der Waals surface area (Å²) in [6.45, 7) is 0. The molecule has 0 saturated heterocycles. The number of benzene rings is 8. The maximum atomic E-state index is 5.04. The van der Waals surface area contributed by atoms with Gasteiger partial charge in [-0.2, -0.15) is 0 Å². The van der Waals surface area contributed by atoms with E-state index in [4.69, 9.17) is 15.0 Å². The van der Waals surface area contributed by atoms with Crippen LogP contribution in [0.25, 0.3) is 88.4 Å². The van der Waals surface area contributed by atoms with E-state index in [-0.39, 0.29) is 0 Å². The number of aromatic nitrogens is 3. The highest BCUT2D eigenvalue weighted by molar-refractivity contribution is 6.18. The molecule has 1 heterocycles. The molecule has 214 valence electrons. The summed E-state index contributed by atoms with van der Waals surface area (Å²) in [5.41, 5.74) is 5.17. The van der Waals surface area contributed by atoms with Gasteiger partial charge in [0.25, 0.3) is 0 Å². The Hall–Kier alpha value is -6.19. The van der Waals surface area contributed by atoms with Crippen molar-refractivity contribution in [1.29, 1.82) is 0 Å². The van der Waals surface area contributed by atoms with E-state index in [9.17, 15) is 0 Å². The zero-order chi connectivity index (χ0) is 30.5. The normalized spacial score (nSPS) is 11.5. The van der Waals surface area contributed by atoms with Crippen LogP contribution in [0.1, 0.15) is 0 Å². The van der Waals surface area contributed by atoms with Gasteiger partial charge in [-0.25, -0.2) is 15.0 Å². The van der Waals surface area contributed by atoms with Crippen LogP contribution in [0.15, 0.2) is 164 Å². The molecule has 0 aliphatic carbocycles. The van der Waals surface area contributed by atoms with Crippen molar-refractivity contribution < 1.29 is 0 Å². The van der Waals surface area contributed by atoms with Crippen molar-refractivity contribution in [3.63, 3.8) is 0 Å². The summed E-state index contributed by atoms with van der Waals surface area (Å²) < 4.78 is 0. The molecule has 0 spiro atoms. The van der Waals surface area contributed by atoms with Crippen molar-refractivity contribution in [1.82, 2.24) is 15.0 Å². The smallest absolute Gasteiger partial charge is 0.164 e. The van der Waals surface area contributed by atoms with Crippen LogP contribution in [0.2, 0.25) is 0 Å². The SMILES string of the molecule is c1ccc(-c2nc(-c3ccccc3)nc(-c3cc(-c4ccc5ccc6c7ccccc7ccc6c5c4)c4ccccc4c3)n2)cc1. The Morgan fingerprint density at radius 2 is 0.761 bits per heavy atom. The van der Waals surface area contributed by atoms with Crippen LogP contribution < -0.4 is 0 Å². The monoisotopic (exact) mass is 585 g/mol. The molecule has 0 saturated carbocycles. The van der Waals surface area contributed by atoms with Crippen LogP contribution in [-0.4, -0.2) is 15.0 Å². The first-order chi connectivity index (χ1) is 22.8. The highest BCUT2D eigenvalue weighted by Crippen LogP contribution is 2.38. The lowest BCUT2D eigenvalue weighted by Crippen LogP contribution is -2.00. The minimum atomic E-state index is 0.650. The fourth-order valence-corrected chi connectivity index (χ4v) is 6.60. The molecule has 0 N–H and O–H groups in total. The van der Waals surface area contributed by atoms with E-state index in [0.717, 1.165) is 33.2 Å². The average molecular weight is 586 g/mol. The second-order valence-electron chi connectivity index (χ2n) is 11.7. The van der Waals surface area contributed by atoms with E-state index in [0.29, 0.717) is 17.5 Å². The van der Waals surface area contributed by atoms with Gasteiger partial charge in [-0.15, -0.1) is 0 Å². The summed E-state index contributed by atoms with van der Waals surface area (Å²) in [6, 6.07) is 57.7. The molecule has 0 aliphatic rings. The van der Waals surface area contributed by atoms with Gasteiger partial charge in [-0.1, -0.05) is 146 Å². The molecule has 3 nitrogen and oxygen atoms in total. The third kappa shape index (κ3) is 4.49. The zero-order valence-electron chi connectivity index (χ0n) is 24.9. The number of nitrogens with zero attached hydrogens (tertiary/aromatic N) is 3. The van der Waals surface area contributed by atoms with Crippen molar-refractivity contribution in [3.05, 3.63) is 164 Å². The van der Waals surface area contributed by atoms with Crippen LogP contribution in [0.5, 0.6) is 0 Å². The summed E-state index contributed by atoms with van der Waals surface area (Å²) in [7, 11) is 0. The Balaban J connectivity index is 1.28. The van der Waals surface area contributed by atoms with Crippen molar-refractivity contribution in [2.75, 3.05) is 0 Å². The van der Waals surface area contributed by atoms with Crippen molar-refractivity contribution in [2.24, 2.45) is 0 Å². The van der Waals surface area contributed by atoms with Gasteiger partial charge in [0.05, 0.1) is 0 Å². The number of fused-ring (bicyclic) bond motifs is 6. The molecule has 0 amide bonds. The maximum absolute atomic E-state index is 5.04. The lowest BCUT2D eigenvalue weighted by molar-refractivity contribution is 1.07. The quantitative estimate of drug-likeness (QED) is 0.193. The molecular weight excluding hydrogens is 558 g/mol. The van der Waals surface area contributed by atoms with Crippen molar-refractivity contribution in [3.8, 4) is 45.3 Å². The standard InChI is InChI=1S/C43H27N3/c1-3-12-30(13-4-1)41-44-42(31-14-5-2-6-15-31)46-43(45-41)34-25-32-16-8-10-18-36(32)40(27-34)33-20-19-29-22-23-37-35-17-9-7-11-28(35)21-24-38(37)39(29)26-33/h1-27H. The molecule has 0 aliphatic heterocycles. The molecule has 9 aromatic rings. The van der Waals surface area contributed by atoms with Crippen LogP contribution in [-0.2, 0) is 0 Å². The van der Waals surface area contributed by atoms with E-state index in [1.165, 1.54) is 37.7 Å². The van der Waals surface area contributed by atoms with Crippen molar-refractivity contribution >= 4 is 43.1 Å². The molecule has 9 rings (SSSR count). The number of rotatable bonds is 4. The summed E-state index contributed by atoms with van der Waals surface area (Å²) in [6.07, 6.45) is 0. The number of hydrogen-bond donors (Lipinski definition) is 0. The highest BCUT2D eigenvalue weighted by Gasteiger charge is 2.15. The molecule has 46 heavy (non-hydrogen) atoms. The van der Waals surface area contributed by atoms with Crippen molar-refractivity contribution in [2.45, 2.75) is 0 Å². The van der Waals surface area contributed by atoms with E-state index < -0.39 is 0 Å². The van der Waals surface area contributed by atoms with E-state index >= 15 is 0 Å². The Labute approximate surface area is 266 Å². The fourth-order valence-electron chi connectivity index (χ4n) is 6.60. The molecule has 0 fully saturated rings. The van der Waals surface area contributed by atoms with Gasteiger partial charge in [0, 0.05) is 16.7 Å². The van der Waals surface area contributed by atoms with Gasteiger partial charge in [-0.05, 0) is 72.4 Å². The third-order valence-corrected chi connectivity index (χ3v) is 8.87. The molecule has 0 radical (unpaired) electrons. The Bertz CT molecular complexity index is 2520. The molecule has 0 bridgehead atoms. The van der Waals surface area contributed by atoms with Gasteiger partial charge in [0.2, 0.25) is 0 Å². The Kier molecular flexibility index (Phi) is 6.14.